The second-order valence-corrected chi connectivity index (χ2v) is 5.43. The Balaban J connectivity index is 2.94. The number of hydrogen-bond acceptors (Lipinski definition) is 5. The second kappa shape index (κ2) is 5.74. The van der Waals surface area contributed by atoms with Crippen LogP contribution in [-0.4, -0.2) is 36.8 Å². The minimum atomic E-state index is -3.52. The zero-order chi connectivity index (χ0) is 12.9. The Morgan fingerprint density at radius 1 is 1.53 bits per heavy atom. The van der Waals surface area contributed by atoms with E-state index in [0.717, 1.165) is 6.42 Å². The molecule has 1 amide bonds. The Morgan fingerprint density at radius 2 is 2.24 bits per heavy atom. The van der Waals surface area contributed by atoms with Crippen LogP contribution in [0.4, 0.5) is 0 Å². The smallest absolute Gasteiger partial charge is 0.226 e. The molecule has 1 heterocycles. The molecule has 0 atom stereocenters. The number of carbonyl (C=O) groups excluding carboxylic acids is 1. The maximum Gasteiger partial charge on any atom is 0.226 e. The summed E-state index contributed by atoms with van der Waals surface area (Å²) in [6.45, 7) is -0.202. The number of aliphatic hydroxyl groups excluding tert-OH is 1. The van der Waals surface area contributed by atoms with Crippen LogP contribution in [-0.2, 0) is 14.6 Å². The summed E-state index contributed by atoms with van der Waals surface area (Å²) in [6, 6.07) is 2.76. The fraction of sp³-hybridized carbons (Fsp3) is 0.300. The van der Waals surface area contributed by atoms with E-state index in [-0.39, 0.29) is 23.8 Å². The summed E-state index contributed by atoms with van der Waals surface area (Å²) in [5, 5.41) is 8.47. The van der Waals surface area contributed by atoms with Crippen LogP contribution in [0.5, 0.6) is 0 Å². The number of aliphatic hydroxyl groups is 1. The number of hydrogen-bond donors (Lipinski definition) is 2. The molecule has 0 aliphatic heterocycles. The van der Waals surface area contributed by atoms with Crippen LogP contribution in [0.15, 0.2) is 23.4 Å². The van der Waals surface area contributed by atoms with Crippen molar-refractivity contribution in [1.29, 1.82) is 0 Å². The maximum absolute atomic E-state index is 11.7. The van der Waals surface area contributed by atoms with E-state index in [1.54, 1.807) is 0 Å². The van der Waals surface area contributed by atoms with Crippen molar-refractivity contribution in [1.82, 2.24) is 4.98 Å². The minimum Gasteiger partial charge on any atom is -0.396 e. The van der Waals surface area contributed by atoms with Gasteiger partial charge in [-0.05, 0) is 24.1 Å². The van der Waals surface area contributed by atoms with Crippen molar-refractivity contribution >= 4 is 15.7 Å². The number of carbonyl (C=O) groups is 1. The van der Waals surface area contributed by atoms with Crippen molar-refractivity contribution in [2.75, 3.05) is 12.4 Å². The van der Waals surface area contributed by atoms with Crippen molar-refractivity contribution < 1.29 is 18.3 Å². The highest BCUT2D eigenvalue weighted by Crippen LogP contribution is 2.12. The lowest BCUT2D eigenvalue weighted by molar-refractivity contribution is -0.114. The molecule has 1 radical (unpaired) electrons. The molecule has 6 nitrogen and oxygen atoms in total. The highest BCUT2D eigenvalue weighted by atomic mass is 32.2. The predicted octanol–water partition coefficient (Wildman–Crippen LogP) is -0.725. The topological polar surface area (TPSA) is 110 Å². The first-order valence-corrected chi connectivity index (χ1v) is 6.55. The van der Waals surface area contributed by atoms with Crippen LogP contribution in [0.3, 0.4) is 0 Å². The minimum absolute atomic E-state index is 0.124. The van der Waals surface area contributed by atoms with Gasteiger partial charge in [-0.3, -0.25) is 4.79 Å². The molecule has 1 aromatic heterocycles. The molecule has 17 heavy (non-hydrogen) atoms. The van der Waals surface area contributed by atoms with E-state index in [0.29, 0.717) is 5.56 Å². The molecule has 1 rings (SSSR count). The summed E-state index contributed by atoms with van der Waals surface area (Å²) < 4.78 is 23.5. The molecule has 0 bridgehead atoms. The highest BCUT2D eigenvalue weighted by Gasteiger charge is 2.16. The van der Waals surface area contributed by atoms with Crippen molar-refractivity contribution in [3.05, 3.63) is 30.3 Å². The van der Waals surface area contributed by atoms with E-state index in [9.17, 15) is 13.2 Å². The number of aromatic nitrogens is 1. The van der Waals surface area contributed by atoms with Crippen LogP contribution in [0.25, 0.3) is 0 Å². The molecule has 0 unspecified atom stereocenters. The molecule has 1 aromatic rings. The average molecular weight is 257 g/mol. The fourth-order valence-corrected chi connectivity index (χ4v) is 2.46. The highest BCUT2D eigenvalue weighted by molar-refractivity contribution is 7.91. The number of nitrogens with two attached hydrogens (primary N) is 1. The monoisotopic (exact) mass is 257 g/mol. The first-order chi connectivity index (χ1) is 7.95. The largest absolute Gasteiger partial charge is 0.396 e. The molecule has 3 N–H and O–H groups in total. The van der Waals surface area contributed by atoms with Crippen LogP contribution in [0.1, 0.15) is 12.0 Å². The molecule has 0 aliphatic carbocycles. The van der Waals surface area contributed by atoms with Crippen molar-refractivity contribution in [2.45, 2.75) is 11.4 Å². The molecule has 0 aliphatic rings. The van der Waals surface area contributed by atoms with Gasteiger partial charge in [0.15, 0.2) is 14.9 Å². The van der Waals surface area contributed by atoms with Crippen LogP contribution < -0.4 is 5.73 Å². The Morgan fingerprint density at radius 3 is 2.82 bits per heavy atom. The molecule has 93 valence electrons. The van der Waals surface area contributed by atoms with E-state index in [2.05, 4.69) is 4.98 Å². The zero-order valence-corrected chi connectivity index (χ0v) is 9.85. The first kappa shape index (κ1) is 13.6. The third-order valence-electron chi connectivity index (χ3n) is 1.96. The van der Waals surface area contributed by atoms with Gasteiger partial charge in [-0.15, -0.1) is 0 Å². The van der Waals surface area contributed by atoms with Crippen LogP contribution in [0.2, 0.25) is 0 Å². The summed E-state index contributed by atoms with van der Waals surface area (Å²) in [4.78, 5) is 14.4. The summed E-state index contributed by atoms with van der Waals surface area (Å²) in [6.07, 6.45) is 2.56. The first-order valence-electron chi connectivity index (χ1n) is 4.89. The number of nitrogens with zero attached hydrogens (tertiary/aromatic N) is 1. The summed E-state index contributed by atoms with van der Waals surface area (Å²) >= 11 is 0. The predicted molar refractivity (Wildman–Crippen MR) is 60.6 cm³/mol. The molecule has 0 saturated carbocycles. The summed E-state index contributed by atoms with van der Waals surface area (Å²) in [7, 11) is -3.52. The number of amides is 1. The van der Waals surface area contributed by atoms with E-state index < -0.39 is 15.7 Å². The van der Waals surface area contributed by atoms with Crippen molar-refractivity contribution in [3.63, 3.8) is 0 Å². The lowest BCUT2D eigenvalue weighted by Gasteiger charge is -2.04. The second-order valence-electron chi connectivity index (χ2n) is 3.37. The lowest BCUT2D eigenvalue weighted by atomic mass is 10.2. The lowest BCUT2D eigenvalue weighted by Crippen LogP contribution is -2.13. The van der Waals surface area contributed by atoms with E-state index in [1.807, 2.05) is 0 Å². The van der Waals surface area contributed by atoms with E-state index in [4.69, 9.17) is 10.8 Å². The van der Waals surface area contributed by atoms with Gasteiger partial charge >= 0.3 is 0 Å². The number of sulfone groups is 1. The third kappa shape index (κ3) is 4.12. The third-order valence-corrected chi connectivity index (χ3v) is 3.64. The van der Waals surface area contributed by atoms with Gasteiger partial charge in [-0.2, -0.15) is 0 Å². The molecular weight excluding hydrogens is 244 g/mol. The van der Waals surface area contributed by atoms with Crippen molar-refractivity contribution in [2.24, 2.45) is 5.73 Å². The Labute approximate surface area is 99.4 Å². The average Bonchev–Trinajstić information content (AvgIpc) is 2.26. The zero-order valence-electron chi connectivity index (χ0n) is 9.04. The SMILES string of the molecule is NC(=O)[CH]c1ccnc(S(=O)(=O)CCCO)c1. The Hall–Kier alpha value is -1.47. The van der Waals surface area contributed by atoms with Crippen LogP contribution >= 0.6 is 0 Å². The fourth-order valence-electron chi connectivity index (χ4n) is 1.21. The van der Waals surface area contributed by atoms with Gasteiger partial charge in [0.1, 0.15) is 0 Å². The number of pyridine rings is 1. The van der Waals surface area contributed by atoms with Gasteiger partial charge < -0.3 is 10.8 Å². The standard InChI is InChI=1S/C10H13N2O4S/c11-9(14)6-8-2-3-12-10(7-8)17(15,16)5-1-4-13/h2-3,6-7,13H,1,4-5H2,(H2,11,14). The normalized spacial score (nSPS) is 11.4. The van der Waals surface area contributed by atoms with Crippen LogP contribution in [0, 0.1) is 6.42 Å². The summed E-state index contributed by atoms with van der Waals surface area (Å²) in [5.74, 6) is -0.841. The van der Waals surface area contributed by atoms with Gasteiger partial charge in [0, 0.05) is 12.8 Å². The molecular formula is C10H13N2O4S. The number of primary amides is 1. The Bertz CT molecular complexity index is 499. The molecule has 0 saturated heterocycles. The van der Waals surface area contributed by atoms with E-state index in [1.165, 1.54) is 18.3 Å². The van der Waals surface area contributed by atoms with Gasteiger partial charge in [-0.25, -0.2) is 13.4 Å². The molecule has 0 fully saturated rings. The van der Waals surface area contributed by atoms with Gasteiger partial charge in [0.25, 0.3) is 0 Å². The summed E-state index contributed by atoms with van der Waals surface area (Å²) in [5.41, 5.74) is 5.35. The quantitative estimate of drug-likeness (QED) is 0.698. The number of rotatable bonds is 6. The molecule has 0 spiro atoms. The van der Waals surface area contributed by atoms with Gasteiger partial charge in [0.05, 0.1) is 12.2 Å². The van der Waals surface area contributed by atoms with Gasteiger partial charge in [-0.1, -0.05) is 0 Å². The molecule has 7 heteroatoms. The maximum atomic E-state index is 11.7. The molecule has 0 aromatic carbocycles. The Kier molecular flexibility index (Phi) is 4.59. The van der Waals surface area contributed by atoms with Gasteiger partial charge in [0.2, 0.25) is 5.91 Å². The van der Waals surface area contributed by atoms with E-state index >= 15 is 0 Å². The van der Waals surface area contributed by atoms with Crippen molar-refractivity contribution in [3.8, 4) is 0 Å².